The van der Waals surface area contributed by atoms with Gasteiger partial charge in [0.1, 0.15) is 0 Å². The lowest BCUT2D eigenvalue weighted by Crippen LogP contribution is -2.71. The highest BCUT2D eigenvalue weighted by Crippen LogP contribution is 2.31. The highest BCUT2D eigenvalue weighted by molar-refractivity contribution is 7.04. The van der Waals surface area contributed by atoms with Gasteiger partial charge in [-0.15, -0.1) is 5.70 Å². The van der Waals surface area contributed by atoms with E-state index in [1.165, 1.54) is 16.4 Å². The van der Waals surface area contributed by atoms with E-state index in [-0.39, 0.29) is 0 Å². The molecule has 0 amide bonds. The van der Waals surface area contributed by atoms with Gasteiger partial charge in [-0.3, -0.25) is 0 Å². The summed E-state index contributed by atoms with van der Waals surface area (Å²) >= 11 is 0. The Balaban J connectivity index is 2.84. The topological polar surface area (TPSA) is 18.5 Å². The van der Waals surface area contributed by atoms with Crippen molar-refractivity contribution < 1.29 is 8.23 Å². The smallest absolute Gasteiger partial charge is 0.386 e. The molecule has 2 aromatic rings. The molecule has 2 nitrogen and oxygen atoms in total. The van der Waals surface area contributed by atoms with Crippen LogP contribution in [-0.2, 0) is 8.23 Å². The quantitative estimate of drug-likeness (QED) is 0.199. The zero-order valence-corrected chi connectivity index (χ0v) is 30.2. The normalized spacial score (nSPS) is 13.8. The Morgan fingerprint density at radius 3 is 1.38 bits per heavy atom. The molecule has 0 saturated heterocycles. The summed E-state index contributed by atoms with van der Waals surface area (Å²) in [6.07, 6.45) is 2.46. The maximum absolute atomic E-state index is 7.78. The molecule has 7 heteroatoms. The highest BCUT2D eigenvalue weighted by Gasteiger charge is 2.52. The van der Waals surface area contributed by atoms with E-state index in [2.05, 4.69) is 144 Å². The molecule has 0 spiro atoms. The van der Waals surface area contributed by atoms with Crippen molar-refractivity contribution in [2.75, 3.05) is 0 Å². The van der Waals surface area contributed by atoms with Crippen LogP contribution in [0.3, 0.4) is 0 Å². The minimum atomic E-state index is -3.03. The van der Waals surface area contributed by atoms with Gasteiger partial charge in [0.15, 0.2) is 0 Å². The second-order valence-corrected chi connectivity index (χ2v) is 31.9. The first kappa shape index (κ1) is 32.1. The van der Waals surface area contributed by atoms with Crippen molar-refractivity contribution in [2.45, 2.75) is 90.7 Å². The predicted molar refractivity (Wildman–Crippen MR) is 179 cm³/mol. The molecule has 0 aliphatic heterocycles. The van der Waals surface area contributed by atoms with E-state index in [1.54, 1.807) is 0 Å². The Morgan fingerprint density at radius 2 is 1.03 bits per heavy atom. The van der Waals surface area contributed by atoms with Gasteiger partial charge in [0, 0.05) is 8.80 Å². The van der Waals surface area contributed by atoms with Crippen LogP contribution in [0.2, 0.25) is 63.0 Å². The van der Waals surface area contributed by atoms with Crippen LogP contribution in [-0.4, -0.2) is 42.1 Å². The summed E-state index contributed by atoms with van der Waals surface area (Å²) in [5.74, 6) is 0. The van der Waals surface area contributed by atoms with Crippen LogP contribution < -0.4 is 10.4 Å². The van der Waals surface area contributed by atoms with Crippen LogP contribution in [0.1, 0.15) is 27.7 Å². The summed E-state index contributed by atoms with van der Waals surface area (Å²) in [4.78, 5) is 0. The minimum Gasteiger partial charge on any atom is -0.426 e. The summed E-state index contributed by atoms with van der Waals surface area (Å²) in [6.45, 7) is 21.4. The third-order valence-electron chi connectivity index (χ3n) is 7.31. The summed E-state index contributed by atoms with van der Waals surface area (Å²) in [7, 11) is -9.51. The average Bonchev–Trinajstić information content (AvgIpc) is 2.90. The summed E-state index contributed by atoms with van der Waals surface area (Å²) in [6, 6.07) is 27.4. The summed E-state index contributed by atoms with van der Waals surface area (Å²) in [5.41, 5.74) is 7.59. The van der Waals surface area contributed by atoms with Crippen LogP contribution in [0.4, 0.5) is 0 Å². The molecule has 0 bridgehead atoms. The average molecular weight is 585 g/mol. The molecule has 2 aromatic carbocycles. The molecule has 0 atom stereocenters. The van der Waals surface area contributed by atoms with Crippen molar-refractivity contribution in [2.24, 2.45) is 0 Å². The SMILES string of the molecule is CC[Si](C=CC[SiH](C)C)(CC)O[Si](O[Si](C=C[Si](C)(C)C)(CC)CC)(c1ccccc1)c1ccccc1. The first-order chi connectivity index (χ1) is 17.5. The zero-order valence-electron chi connectivity index (χ0n) is 25.0. The number of allylic oxidation sites excluding steroid dienone is 1. The van der Waals surface area contributed by atoms with E-state index >= 15 is 0 Å². The fourth-order valence-electron chi connectivity index (χ4n) is 4.60. The third-order valence-corrected chi connectivity index (χ3v) is 24.2. The molecule has 204 valence electrons. The lowest BCUT2D eigenvalue weighted by atomic mass is 10.4. The van der Waals surface area contributed by atoms with Gasteiger partial charge in [-0.2, -0.15) is 0 Å². The molecule has 0 aromatic heterocycles. The molecular formula is C30H52O2Si5. The monoisotopic (exact) mass is 584 g/mol. The maximum atomic E-state index is 7.78. The number of benzene rings is 2. The third kappa shape index (κ3) is 8.98. The van der Waals surface area contributed by atoms with Gasteiger partial charge in [-0.25, -0.2) is 0 Å². The molecule has 0 unspecified atom stereocenters. The molecule has 0 heterocycles. The largest absolute Gasteiger partial charge is 0.426 e. The van der Waals surface area contributed by atoms with Crippen molar-refractivity contribution in [3.8, 4) is 0 Å². The van der Waals surface area contributed by atoms with Gasteiger partial charge in [0.05, 0.1) is 8.07 Å². The second-order valence-electron chi connectivity index (χ2n) is 11.8. The van der Waals surface area contributed by atoms with E-state index in [4.69, 9.17) is 8.23 Å². The lowest BCUT2D eigenvalue weighted by molar-refractivity contribution is 0.406. The molecule has 0 saturated carbocycles. The predicted octanol–water partition coefficient (Wildman–Crippen LogP) is 7.80. The molecule has 0 aliphatic carbocycles. The van der Waals surface area contributed by atoms with Crippen LogP contribution in [0.15, 0.2) is 83.8 Å². The van der Waals surface area contributed by atoms with Crippen molar-refractivity contribution in [3.63, 3.8) is 0 Å². The van der Waals surface area contributed by atoms with Crippen molar-refractivity contribution in [1.82, 2.24) is 0 Å². The molecular weight excluding hydrogens is 533 g/mol. The number of hydrogen-bond donors (Lipinski definition) is 0. The van der Waals surface area contributed by atoms with Gasteiger partial charge in [0.25, 0.3) is 0 Å². The zero-order chi connectivity index (χ0) is 27.6. The summed E-state index contributed by atoms with van der Waals surface area (Å²) < 4.78 is 15.5. The minimum absolute atomic E-state index is 0.663. The van der Waals surface area contributed by atoms with Crippen molar-refractivity contribution in [1.29, 1.82) is 0 Å². The number of hydrogen-bond acceptors (Lipinski definition) is 2. The molecule has 37 heavy (non-hydrogen) atoms. The first-order valence-corrected chi connectivity index (χ1v) is 27.7. The van der Waals surface area contributed by atoms with Gasteiger partial charge >= 0.3 is 8.56 Å². The summed E-state index contributed by atoms with van der Waals surface area (Å²) in [5, 5.41) is 2.48. The fraction of sp³-hybridized carbons (Fsp3) is 0.467. The molecule has 0 fully saturated rings. The van der Waals surface area contributed by atoms with Crippen molar-refractivity contribution in [3.05, 3.63) is 83.8 Å². The lowest BCUT2D eigenvalue weighted by Gasteiger charge is -2.45. The van der Waals surface area contributed by atoms with Crippen LogP contribution in [0.5, 0.6) is 0 Å². The second kappa shape index (κ2) is 14.3. The number of rotatable bonds is 15. The fourth-order valence-corrected chi connectivity index (χ4v) is 22.7. The van der Waals surface area contributed by atoms with Gasteiger partial charge in [-0.05, 0) is 40.6 Å². The van der Waals surface area contributed by atoms with E-state index < -0.39 is 42.1 Å². The van der Waals surface area contributed by atoms with E-state index in [0.29, 0.717) is 0 Å². The molecule has 0 radical (unpaired) electrons. The Morgan fingerprint density at radius 1 is 0.622 bits per heavy atom. The van der Waals surface area contributed by atoms with Gasteiger partial charge in [0.2, 0.25) is 16.6 Å². The molecule has 0 aliphatic rings. The van der Waals surface area contributed by atoms with E-state index in [0.717, 1.165) is 24.2 Å². The Bertz CT molecular complexity index is 937. The maximum Gasteiger partial charge on any atom is 0.386 e. The van der Waals surface area contributed by atoms with Crippen LogP contribution >= 0.6 is 0 Å². The van der Waals surface area contributed by atoms with Crippen LogP contribution in [0, 0.1) is 0 Å². The van der Waals surface area contributed by atoms with Crippen molar-refractivity contribution >= 4 is 52.4 Å². The molecule has 2 rings (SSSR count). The van der Waals surface area contributed by atoms with Crippen LogP contribution in [0.25, 0.3) is 0 Å². The Hall–Kier alpha value is -1.08. The van der Waals surface area contributed by atoms with Gasteiger partial charge in [-0.1, -0.05) is 139 Å². The molecule has 0 N–H and O–H groups in total. The van der Waals surface area contributed by atoms with E-state index in [1.807, 2.05) is 0 Å². The Kier molecular flexibility index (Phi) is 12.5. The highest BCUT2D eigenvalue weighted by atomic mass is 28.5. The van der Waals surface area contributed by atoms with E-state index in [9.17, 15) is 0 Å². The standard InChI is InChI=1S/C30H52O2Si5/c1-10-35(11-2,26-20-25-33(5)6)31-37(29-21-16-14-17-22-29,30-23-18-15-19-24-30)32-36(12-3,13-4)28-27-34(7,8)9/h14-24,26-28,33H,10-13,25H2,1-9H3. The van der Waals surface area contributed by atoms with Gasteiger partial charge < -0.3 is 8.23 Å². The first-order valence-electron chi connectivity index (χ1n) is 14.4. The Labute approximate surface area is 234 Å².